The highest BCUT2D eigenvalue weighted by Crippen LogP contribution is 2.25. The van der Waals surface area contributed by atoms with E-state index < -0.39 is 0 Å². The van der Waals surface area contributed by atoms with E-state index in [0.717, 1.165) is 18.4 Å². The standard InChI is InChI=1S/C12H13ClN2O/c1-2-6-10(13)11-14-12(16-15-11)9-7-4-3-5-8-9/h3-5,7-8,10H,2,6H2,1H3. The summed E-state index contributed by atoms with van der Waals surface area (Å²) in [5.41, 5.74) is 0.918. The highest BCUT2D eigenvalue weighted by Gasteiger charge is 2.15. The summed E-state index contributed by atoms with van der Waals surface area (Å²) in [5.74, 6) is 1.10. The van der Waals surface area contributed by atoms with Gasteiger partial charge < -0.3 is 4.52 Å². The molecule has 0 amide bonds. The minimum absolute atomic E-state index is 0.161. The van der Waals surface area contributed by atoms with Crippen LogP contribution in [0.15, 0.2) is 34.9 Å². The van der Waals surface area contributed by atoms with Crippen molar-refractivity contribution >= 4 is 11.6 Å². The lowest BCUT2D eigenvalue weighted by Gasteiger charge is -1.99. The maximum Gasteiger partial charge on any atom is 0.257 e. The van der Waals surface area contributed by atoms with E-state index in [-0.39, 0.29) is 5.38 Å². The molecule has 3 nitrogen and oxygen atoms in total. The van der Waals surface area contributed by atoms with Crippen molar-refractivity contribution in [2.24, 2.45) is 0 Å². The Morgan fingerprint density at radius 3 is 2.75 bits per heavy atom. The third kappa shape index (κ3) is 2.42. The molecule has 84 valence electrons. The molecular formula is C12H13ClN2O. The molecule has 0 saturated heterocycles. The summed E-state index contributed by atoms with van der Waals surface area (Å²) >= 11 is 6.12. The Hall–Kier alpha value is -1.35. The summed E-state index contributed by atoms with van der Waals surface area (Å²) in [6.07, 6.45) is 1.86. The Bertz CT molecular complexity index is 441. The van der Waals surface area contributed by atoms with Crippen LogP contribution in [0.25, 0.3) is 11.5 Å². The maximum absolute atomic E-state index is 6.12. The maximum atomic E-state index is 6.12. The van der Waals surface area contributed by atoms with Crippen LogP contribution in [0.2, 0.25) is 0 Å². The van der Waals surface area contributed by atoms with Crippen LogP contribution in [-0.2, 0) is 0 Å². The molecule has 0 bridgehead atoms. The fraction of sp³-hybridized carbons (Fsp3) is 0.333. The van der Waals surface area contributed by atoms with Crippen LogP contribution in [0.5, 0.6) is 0 Å². The average Bonchev–Trinajstić information content (AvgIpc) is 2.80. The molecule has 0 saturated carbocycles. The first kappa shape index (κ1) is 11.1. The van der Waals surface area contributed by atoms with E-state index in [0.29, 0.717) is 11.7 Å². The van der Waals surface area contributed by atoms with E-state index in [1.165, 1.54) is 0 Å². The van der Waals surface area contributed by atoms with E-state index >= 15 is 0 Å². The number of alkyl halides is 1. The zero-order chi connectivity index (χ0) is 11.4. The summed E-state index contributed by atoms with van der Waals surface area (Å²) in [6.45, 7) is 2.08. The van der Waals surface area contributed by atoms with Gasteiger partial charge in [0.15, 0.2) is 5.82 Å². The molecule has 1 aromatic carbocycles. The van der Waals surface area contributed by atoms with Gasteiger partial charge in [0.2, 0.25) is 0 Å². The first-order valence-corrected chi connectivity index (χ1v) is 5.78. The monoisotopic (exact) mass is 236 g/mol. The van der Waals surface area contributed by atoms with Crippen molar-refractivity contribution in [3.8, 4) is 11.5 Å². The van der Waals surface area contributed by atoms with Crippen molar-refractivity contribution in [2.45, 2.75) is 25.1 Å². The first-order chi connectivity index (χ1) is 7.81. The summed E-state index contributed by atoms with van der Waals surface area (Å²) in [7, 11) is 0. The third-order valence-corrected chi connectivity index (χ3v) is 2.70. The third-order valence-electron chi connectivity index (χ3n) is 2.28. The van der Waals surface area contributed by atoms with Crippen molar-refractivity contribution in [2.75, 3.05) is 0 Å². The molecule has 0 N–H and O–H groups in total. The van der Waals surface area contributed by atoms with Crippen molar-refractivity contribution in [3.05, 3.63) is 36.2 Å². The molecular weight excluding hydrogens is 224 g/mol. The molecule has 4 heteroatoms. The number of hydrogen-bond acceptors (Lipinski definition) is 3. The molecule has 0 radical (unpaired) electrons. The zero-order valence-electron chi connectivity index (χ0n) is 9.06. The van der Waals surface area contributed by atoms with Crippen LogP contribution in [-0.4, -0.2) is 10.1 Å². The Labute approximate surface area is 99.4 Å². The molecule has 1 aromatic heterocycles. The number of halogens is 1. The van der Waals surface area contributed by atoms with Gasteiger partial charge in [0.25, 0.3) is 5.89 Å². The van der Waals surface area contributed by atoms with Gasteiger partial charge in [-0.05, 0) is 18.6 Å². The van der Waals surface area contributed by atoms with Gasteiger partial charge in [-0.2, -0.15) is 4.98 Å². The molecule has 1 atom stereocenters. The van der Waals surface area contributed by atoms with Crippen molar-refractivity contribution in [1.29, 1.82) is 0 Å². The molecule has 2 aromatic rings. The lowest BCUT2D eigenvalue weighted by Crippen LogP contribution is -1.92. The van der Waals surface area contributed by atoms with Crippen LogP contribution in [0.4, 0.5) is 0 Å². The highest BCUT2D eigenvalue weighted by atomic mass is 35.5. The highest BCUT2D eigenvalue weighted by molar-refractivity contribution is 6.20. The van der Waals surface area contributed by atoms with Gasteiger partial charge in [-0.15, -0.1) is 11.6 Å². The smallest absolute Gasteiger partial charge is 0.257 e. The fourth-order valence-corrected chi connectivity index (χ4v) is 1.75. The average molecular weight is 237 g/mol. The van der Waals surface area contributed by atoms with Crippen LogP contribution in [0.3, 0.4) is 0 Å². The van der Waals surface area contributed by atoms with Crippen LogP contribution < -0.4 is 0 Å². The van der Waals surface area contributed by atoms with Crippen LogP contribution >= 0.6 is 11.6 Å². The zero-order valence-corrected chi connectivity index (χ0v) is 9.81. The second-order valence-electron chi connectivity index (χ2n) is 3.58. The number of hydrogen-bond donors (Lipinski definition) is 0. The van der Waals surface area contributed by atoms with Gasteiger partial charge >= 0.3 is 0 Å². The second-order valence-corrected chi connectivity index (χ2v) is 4.11. The van der Waals surface area contributed by atoms with Gasteiger partial charge in [-0.25, -0.2) is 0 Å². The van der Waals surface area contributed by atoms with Gasteiger partial charge in [0.05, 0.1) is 5.38 Å². The van der Waals surface area contributed by atoms with Gasteiger partial charge in [-0.3, -0.25) is 0 Å². The number of aromatic nitrogens is 2. The summed E-state index contributed by atoms with van der Waals surface area (Å²) in [5, 5.41) is 3.73. The lowest BCUT2D eigenvalue weighted by molar-refractivity contribution is 0.420. The predicted molar refractivity (Wildman–Crippen MR) is 63.2 cm³/mol. The van der Waals surface area contributed by atoms with Crippen LogP contribution in [0.1, 0.15) is 31.0 Å². The molecule has 0 aliphatic carbocycles. The Morgan fingerprint density at radius 1 is 1.31 bits per heavy atom. The SMILES string of the molecule is CCCC(Cl)c1noc(-c2ccccc2)n1. The molecule has 0 fully saturated rings. The van der Waals surface area contributed by atoms with E-state index in [2.05, 4.69) is 17.1 Å². The molecule has 1 unspecified atom stereocenters. The Kier molecular flexibility index (Phi) is 3.57. The molecule has 0 spiro atoms. The van der Waals surface area contributed by atoms with Crippen molar-refractivity contribution in [3.63, 3.8) is 0 Å². The summed E-state index contributed by atoms with van der Waals surface area (Å²) in [6, 6.07) is 9.68. The fourth-order valence-electron chi connectivity index (χ4n) is 1.44. The van der Waals surface area contributed by atoms with Crippen molar-refractivity contribution < 1.29 is 4.52 Å². The largest absolute Gasteiger partial charge is 0.334 e. The van der Waals surface area contributed by atoms with E-state index in [4.69, 9.17) is 16.1 Å². The summed E-state index contributed by atoms with van der Waals surface area (Å²) < 4.78 is 5.17. The van der Waals surface area contributed by atoms with Gasteiger partial charge in [0.1, 0.15) is 0 Å². The van der Waals surface area contributed by atoms with Crippen LogP contribution in [0, 0.1) is 0 Å². The second kappa shape index (κ2) is 5.12. The molecule has 2 rings (SSSR count). The van der Waals surface area contributed by atoms with E-state index in [9.17, 15) is 0 Å². The lowest BCUT2D eigenvalue weighted by atomic mass is 10.2. The van der Waals surface area contributed by atoms with E-state index in [1.807, 2.05) is 30.3 Å². The first-order valence-electron chi connectivity index (χ1n) is 5.34. The van der Waals surface area contributed by atoms with E-state index in [1.54, 1.807) is 0 Å². The molecule has 0 aliphatic heterocycles. The summed E-state index contributed by atoms with van der Waals surface area (Å²) in [4.78, 5) is 4.29. The topological polar surface area (TPSA) is 38.9 Å². The number of rotatable bonds is 4. The minimum atomic E-state index is -0.161. The molecule has 1 heterocycles. The van der Waals surface area contributed by atoms with Crippen molar-refractivity contribution in [1.82, 2.24) is 10.1 Å². The minimum Gasteiger partial charge on any atom is -0.334 e. The van der Waals surface area contributed by atoms with Gasteiger partial charge in [-0.1, -0.05) is 36.7 Å². The Morgan fingerprint density at radius 2 is 2.06 bits per heavy atom. The quantitative estimate of drug-likeness (QED) is 0.758. The predicted octanol–water partition coefficient (Wildman–Crippen LogP) is 3.82. The molecule has 0 aliphatic rings. The van der Waals surface area contributed by atoms with Gasteiger partial charge in [0, 0.05) is 5.56 Å². The normalized spacial score (nSPS) is 12.6. The number of benzene rings is 1. The number of nitrogens with zero attached hydrogens (tertiary/aromatic N) is 2. The molecule has 16 heavy (non-hydrogen) atoms. The Balaban J connectivity index is 2.20.